The van der Waals surface area contributed by atoms with Gasteiger partial charge in [-0.25, -0.2) is 0 Å². The van der Waals surface area contributed by atoms with E-state index in [-0.39, 0.29) is 27.1 Å². The molecule has 3 spiro atoms. The van der Waals surface area contributed by atoms with Gasteiger partial charge in [0.1, 0.15) is 5.58 Å². The van der Waals surface area contributed by atoms with Crippen LogP contribution in [0.2, 0.25) is 0 Å². The van der Waals surface area contributed by atoms with Crippen LogP contribution < -0.4 is 14.7 Å². The van der Waals surface area contributed by atoms with Crippen molar-refractivity contribution in [2.24, 2.45) is 71.0 Å². The van der Waals surface area contributed by atoms with Crippen molar-refractivity contribution in [2.75, 3.05) is 14.7 Å². The van der Waals surface area contributed by atoms with E-state index in [1.807, 2.05) is 11.3 Å². The van der Waals surface area contributed by atoms with Crippen LogP contribution in [-0.2, 0) is 27.1 Å². The Labute approximate surface area is 886 Å². The van der Waals surface area contributed by atoms with Crippen molar-refractivity contribution in [3.8, 4) is 77.9 Å². The van der Waals surface area contributed by atoms with E-state index >= 15 is 0 Å². The van der Waals surface area contributed by atoms with Gasteiger partial charge >= 0.3 is 0 Å². The van der Waals surface area contributed by atoms with Crippen LogP contribution in [0.15, 0.2) is 417 Å². The highest BCUT2D eigenvalue weighted by Crippen LogP contribution is 2.75. The molecule has 2 heterocycles. The predicted octanol–water partition coefficient (Wildman–Crippen LogP) is 39.5. The highest BCUT2D eigenvalue weighted by atomic mass is 32.1. The second-order valence-corrected chi connectivity index (χ2v) is 50.0. The first-order valence-electron chi connectivity index (χ1n) is 56.3. The van der Waals surface area contributed by atoms with E-state index in [2.05, 4.69) is 462 Å². The molecule has 0 radical (unpaired) electrons. The summed E-state index contributed by atoms with van der Waals surface area (Å²) in [5, 5.41) is 4.99. The molecule has 0 N–H and O–H groups in total. The molecule has 0 saturated heterocycles. The Bertz CT molecular complexity index is 8730. The molecule has 0 atom stereocenters. The zero-order chi connectivity index (χ0) is 99.4. The van der Waals surface area contributed by atoms with E-state index in [1.54, 1.807) is 33.4 Å². The second-order valence-electron chi connectivity index (χ2n) is 48.9. The molecule has 0 amide bonds. The normalized spacial score (nSPS) is 24.8. The van der Waals surface area contributed by atoms with E-state index in [1.165, 1.54) is 251 Å². The highest BCUT2D eigenvalue weighted by molar-refractivity contribution is 7.25. The van der Waals surface area contributed by atoms with E-state index in [4.69, 9.17) is 4.42 Å². The topological polar surface area (TPSA) is 22.9 Å². The van der Waals surface area contributed by atoms with E-state index < -0.39 is 0 Å². The number of rotatable bonds is 12. The summed E-state index contributed by atoms with van der Waals surface area (Å²) in [7, 11) is 0. The zero-order valence-electron chi connectivity index (χ0n) is 86.5. The van der Waals surface area contributed by atoms with Gasteiger partial charge in [-0.3, -0.25) is 0 Å². The molecule has 2 aromatic heterocycles. The van der Waals surface area contributed by atoms with Gasteiger partial charge in [0.2, 0.25) is 0 Å². The number of thiophene rings is 1. The third-order valence-electron chi connectivity index (χ3n) is 40.1. The van der Waals surface area contributed by atoms with Crippen molar-refractivity contribution in [3.63, 3.8) is 0 Å². The van der Waals surface area contributed by atoms with E-state index in [9.17, 15) is 0 Å². The van der Waals surface area contributed by atoms with Crippen molar-refractivity contribution in [1.29, 1.82) is 0 Å². The summed E-state index contributed by atoms with van der Waals surface area (Å²) in [5.74, 6) is 9.99. The summed E-state index contributed by atoms with van der Waals surface area (Å²) in [6, 6.07) is 156. The fraction of sp³-hybridized carbons (Fsp3) is 0.255. The van der Waals surface area contributed by atoms with Crippen LogP contribution >= 0.6 is 11.3 Å². The molecule has 36 rings (SSSR count). The van der Waals surface area contributed by atoms with Crippen LogP contribution in [0.1, 0.15) is 181 Å². The molecular weight excluding hydrogens is 1830 g/mol. The number of furan rings is 1. The Hall–Kier alpha value is -14.6. The van der Waals surface area contributed by atoms with Crippen LogP contribution in [0.4, 0.5) is 51.2 Å². The summed E-state index contributed by atoms with van der Waals surface area (Å²) in [5.41, 5.74) is 45.9. The third kappa shape index (κ3) is 13.3. The number of benzene rings is 18. The zero-order valence-corrected chi connectivity index (χ0v) is 87.3. The first kappa shape index (κ1) is 89.4. The van der Waals surface area contributed by atoms with E-state index in [0.717, 1.165) is 104 Å². The van der Waals surface area contributed by atoms with Crippen molar-refractivity contribution in [3.05, 3.63) is 463 Å². The molecule has 12 bridgehead atoms. The Balaban J connectivity index is 0.000000101. The minimum absolute atomic E-state index is 0.0690. The lowest BCUT2D eigenvalue weighted by atomic mass is 9.43. The van der Waals surface area contributed by atoms with E-state index in [0.29, 0.717) is 0 Å². The van der Waals surface area contributed by atoms with Crippen LogP contribution in [0.25, 0.3) is 120 Å². The van der Waals surface area contributed by atoms with Gasteiger partial charge in [0.25, 0.3) is 0 Å². The Morgan fingerprint density at radius 3 is 1.01 bits per heavy atom. The summed E-state index contributed by atoms with van der Waals surface area (Å²) < 4.78 is 9.43. The molecule has 18 aromatic carbocycles. The lowest BCUT2D eigenvalue weighted by Gasteiger charge is -2.61. The Morgan fingerprint density at radius 1 is 0.233 bits per heavy atom. The molecule has 0 unspecified atom stereocenters. The maximum atomic E-state index is 6.73. The Kier molecular flexibility index (Phi) is 20.2. The fourth-order valence-electron chi connectivity index (χ4n) is 34.8. The van der Waals surface area contributed by atoms with Gasteiger partial charge < -0.3 is 19.1 Å². The first-order chi connectivity index (χ1) is 73.6. The minimum atomic E-state index is -0.0690. The van der Waals surface area contributed by atoms with Crippen molar-refractivity contribution in [2.45, 2.75) is 158 Å². The van der Waals surface area contributed by atoms with Crippen molar-refractivity contribution >= 4 is 105 Å². The smallest absolute Gasteiger partial charge is 0.159 e. The van der Waals surface area contributed by atoms with Crippen LogP contribution in [0, 0.1) is 71.0 Å². The number of nitrogens with zero attached hydrogens (tertiary/aromatic N) is 3. The van der Waals surface area contributed by atoms with Gasteiger partial charge in [0, 0.05) is 97.7 Å². The molecule has 0 aliphatic heterocycles. The molecule has 150 heavy (non-hydrogen) atoms. The Morgan fingerprint density at radius 2 is 0.553 bits per heavy atom. The van der Waals surface area contributed by atoms with Crippen molar-refractivity contribution in [1.82, 2.24) is 0 Å². The number of hydrogen-bond donors (Lipinski definition) is 0. The monoisotopic (exact) mass is 1960 g/mol. The summed E-state index contributed by atoms with van der Waals surface area (Å²) in [4.78, 5) is 7.64. The molecule has 12 fully saturated rings. The lowest BCUT2D eigenvalue weighted by Crippen LogP contribution is -2.55. The summed E-state index contributed by atoms with van der Waals surface area (Å²) in [6.45, 7) is 11.6. The van der Waals surface area contributed by atoms with Crippen LogP contribution in [0.5, 0.6) is 0 Å². The average Bonchev–Trinajstić information content (AvgIpc) is 1.51. The molecule has 16 aliphatic rings. The third-order valence-corrected chi connectivity index (χ3v) is 41.3. The quantitative estimate of drug-likeness (QED) is 0.122. The average molecular weight is 1960 g/mol. The van der Waals surface area contributed by atoms with Gasteiger partial charge in [-0.05, 0) is 387 Å². The van der Waals surface area contributed by atoms with Gasteiger partial charge in [0.05, 0.1) is 22.7 Å². The number of fused-ring (bicyclic) bond motifs is 18. The standard InChI is InChI=1S/C50H45NS.C49H43N.C46H37NO/c1-49(2,3)35-19-15-33(16-20-35)34-17-21-38(22-18-34)51(39-23-24-47-42(30-39)40-9-5-7-14-46(40)52-47)45-13-8-12-44-48(45)41-10-4-6-11-43(41)50(44)36-26-31-25-32(28-36)29-37(50)27-31;1-48(2)42-15-8-6-13-39(42)40-24-23-38(30-45(40)48)50(37-21-19-34(20-22-37)33-11-4-3-5-12-33)46-18-10-17-44-47(46)41-14-7-9-16-43(41)49(44)35-26-31-25-32(28-35)29-36(49)27-31;1-2-10-31(11-3-1)32-20-22-35(23-21-32)47(42-18-8-14-37-36-12-5-7-19-43(36)48-45(37)42)41-17-9-16-40-44(41)38-13-4-6-15-39(38)46(40)33-25-29-24-30(27-33)28-34(46)26-29/h4-24,30-32,36-37H,25-29H2,1-3H3;3-24,30-32,35-36H,25-29H2,1-2H3;1-23,29-30,33-34H,24-28H2. The highest BCUT2D eigenvalue weighted by Gasteiger charge is 2.66. The molecule has 4 nitrogen and oxygen atoms in total. The van der Waals surface area contributed by atoms with Crippen LogP contribution in [-0.4, -0.2) is 0 Å². The van der Waals surface area contributed by atoms with Gasteiger partial charge in [-0.1, -0.05) is 344 Å². The first-order valence-corrected chi connectivity index (χ1v) is 57.1. The van der Waals surface area contributed by atoms with Crippen molar-refractivity contribution < 1.29 is 4.42 Å². The summed E-state index contributed by atoms with van der Waals surface area (Å²) in [6.07, 6.45) is 21.1. The molecule has 12 saturated carbocycles. The maximum absolute atomic E-state index is 6.73. The molecule has 5 heteroatoms. The lowest BCUT2D eigenvalue weighted by molar-refractivity contribution is -0.0399. The van der Waals surface area contributed by atoms with Gasteiger partial charge in [-0.2, -0.15) is 0 Å². The maximum Gasteiger partial charge on any atom is 0.159 e. The fourth-order valence-corrected chi connectivity index (χ4v) is 35.9. The number of para-hydroxylation sites is 2. The second kappa shape index (κ2) is 33.9. The molecular formula is C145H125N3OS. The van der Waals surface area contributed by atoms with Crippen LogP contribution in [0.3, 0.4) is 0 Å². The summed E-state index contributed by atoms with van der Waals surface area (Å²) >= 11 is 1.90. The molecule has 732 valence electrons. The largest absolute Gasteiger partial charge is 0.454 e. The minimum Gasteiger partial charge on any atom is -0.454 e. The SMILES string of the molecule is CC(C)(C)c1ccc(-c2ccc(N(c3ccc4sc5ccccc5c4c3)c3cccc4c3-c3ccccc3C43C4CC5CC(C4)CC3C5)cc2)cc1.CC1(C)c2ccccc2-c2ccc(N(c3ccc(-c4ccccc4)cc3)c3cccc4c3-c3ccccc3C43C4CC5CC(C4)CC3C5)cc21.c1ccc(-c2ccc(N(c3cccc4c3-c3ccccc3C43C4CC5CC(C4)CC3C5)c3cccc4c3oc3ccccc34)cc2)cc1. The van der Waals surface area contributed by atoms with Gasteiger partial charge in [-0.15, -0.1) is 11.3 Å². The number of anilines is 9. The van der Waals surface area contributed by atoms with Gasteiger partial charge in [0.15, 0.2) is 5.58 Å². The molecule has 20 aromatic rings. The molecule has 16 aliphatic carbocycles. The predicted molar refractivity (Wildman–Crippen MR) is 626 cm³/mol. The number of hydrogen-bond acceptors (Lipinski definition) is 5.